The van der Waals surface area contributed by atoms with Crippen LogP contribution in [0.5, 0.6) is 0 Å². The molecule has 0 bridgehead atoms. The number of hydrogen-bond donors (Lipinski definition) is 3. The summed E-state index contributed by atoms with van der Waals surface area (Å²) in [7, 11) is 0. The normalized spacial score (nSPS) is 10.7. The van der Waals surface area contributed by atoms with Crippen LogP contribution in [-0.2, 0) is 0 Å². The first kappa shape index (κ1) is 14.9. The molecule has 4 aromatic rings. The van der Waals surface area contributed by atoms with Gasteiger partial charge in [0.1, 0.15) is 0 Å². The summed E-state index contributed by atoms with van der Waals surface area (Å²) in [6, 6.07) is 16.7. The number of imidazole rings is 1. The molecule has 6 nitrogen and oxygen atoms in total. The number of amides is 1. The Morgan fingerprint density at radius 1 is 0.880 bits per heavy atom. The van der Waals surface area contributed by atoms with E-state index in [1.165, 1.54) is 6.20 Å². The summed E-state index contributed by atoms with van der Waals surface area (Å²) in [5.74, 6) is -0.262. The first-order valence-corrected chi connectivity index (χ1v) is 7.73. The number of H-pyrrole nitrogens is 2. The fraction of sp³-hybridized carbons (Fsp3) is 0. The van der Waals surface area contributed by atoms with Crippen LogP contribution in [0, 0.1) is 0 Å². The minimum Gasteiger partial charge on any atom is -0.322 e. The molecule has 0 aliphatic rings. The van der Waals surface area contributed by atoms with Crippen molar-refractivity contribution in [1.82, 2.24) is 15.0 Å². The average molecular weight is 330 g/mol. The monoisotopic (exact) mass is 330 g/mol. The molecule has 2 aromatic carbocycles. The molecule has 3 N–H and O–H groups in total. The summed E-state index contributed by atoms with van der Waals surface area (Å²) < 4.78 is 0. The number of nitrogens with zero attached hydrogens (tertiary/aromatic N) is 1. The van der Waals surface area contributed by atoms with Crippen LogP contribution < -0.4 is 11.0 Å². The molecule has 25 heavy (non-hydrogen) atoms. The van der Waals surface area contributed by atoms with E-state index in [2.05, 4.69) is 20.3 Å². The maximum absolute atomic E-state index is 12.5. The van der Waals surface area contributed by atoms with Gasteiger partial charge in [-0.25, -0.2) is 4.79 Å². The van der Waals surface area contributed by atoms with Crippen molar-refractivity contribution in [2.24, 2.45) is 0 Å². The third-order valence-corrected chi connectivity index (χ3v) is 3.88. The van der Waals surface area contributed by atoms with Crippen molar-refractivity contribution in [2.45, 2.75) is 0 Å². The number of pyridine rings is 1. The van der Waals surface area contributed by atoms with E-state index < -0.39 is 0 Å². The molecule has 0 unspecified atom stereocenters. The predicted molar refractivity (Wildman–Crippen MR) is 96.5 cm³/mol. The lowest BCUT2D eigenvalue weighted by molar-refractivity contribution is 0.102. The molecule has 6 heteroatoms. The van der Waals surface area contributed by atoms with E-state index in [1.807, 2.05) is 30.3 Å². The molecule has 0 spiro atoms. The molecule has 0 atom stereocenters. The Bertz CT molecular complexity index is 1110. The van der Waals surface area contributed by atoms with Crippen LogP contribution in [0.25, 0.3) is 22.2 Å². The Morgan fingerprint density at radius 3 is 2.52 bits per heavy atom. The Labute approximate surface area is 142 Å². The maximum Gasteiger partial charge on any atom is 0.323 e. The van der Waals surface area contributed by atoms with Gasteiger partial charge in [-0.15, -0.1) is 0 Å². The lowest BCUT2D eigenvalue weighted by Crippen LogP contribution is -2.12. The average Bonchev–Trinajstić information content (AvgIpc) is 3.02. The number of carbonyl (C=O) groups is 1. The molecule has 2 heterocycles. The molecule has 4 rings (SSSR count). The summed E-state index contributed by atoms with van der Waals surface area (Å²) in [6.07, 6.45) is 3.25. The van der Waals surface area contributed by atoms with Crippen LogP contribution in [0.1, 0.15) is 10.4 Å². The summed E-state index contributed by atoms with van der Waals surface area (Å²) >= 11 is 0. The zero-order chi connectivity index (χ0) is 17.2. The lowest BCUT2D eigenvalue weighted by Gasteiger charge is -2.07. The van der Waals surface area contributed by atoms with Crippen LogP contribution in [0.4, 0.5) is 5.69 Å². The van der Waals surface area contributed by atoms with Crippen LogP contribution >= 0.6 is 0 Å². The molecule has 0 fully saturated rings. The minimum absolute atomic E-state index is 0.262. The number of anilines is 1. The van der Waals surface area contributed by atoms with Gasteiger partial charge in [0.15, 0.2) is 0 Å². The van der Waals surface area contributed by atoms with Crippen LogP contribution in [0.15, 0.2) is 71.8 Å². The van der Waals surface area contributed by atoms with E-state index in [0.29, 0.717) is 22.3 Å². The number of benzene rings is 2. The summed E-state index contributed by atoms with van der Waals surface area (Å²) in [5, 5.41) is 2.82. The Morgan fingerprint density at radius 2 is 1.68 bits per heavy atom. The van der Waals surface area contributed by atoms with Crippen LogP contribution in [-0.4, -0.2) is 20.9 Å². The summed E-state index contributed by atoms with van der Waals surface area (Å²) in [4.78, 5) is 33.3. The maximum atomic E-state index is 12.5. The van der Waals surface area contributed by atoms with Gasteiger partial charge in [-0.2, -0.15) is 0 Å². The second-order valence-corrected chi connectivity index (χ2v) is 5.62. The van der Waals surface area contributed by atoms with E-state index in [-0.39, 0.29) is 11.6 Å². The van der Waals surface area contributed by atoms with Gasteiger partial charge in [-0.05, 0) is 29.8 Å². The fourth-order valence-electron chi connectivity index (χ4n) is 2.67. The number of aromatic amines is 2. The smallest absolute Gasteiger partial charge is 0.322 e. The Balaban J connectivity index is 1.61. The van der Waals surface area contributed by atoms with Gasteiger partial charge in [-0.1, -0.05) is 30.3 Å². The van der Waals surface area contributed by atoms with Crippen molar-refractivity contribution in [3.63, 3.8) is 0 Å². The zero-order valence-electron chi connectivity index (χ0n) is 13.1. The van der Waals surface area contributed by atoms with E-state index in [0.717, 1.165) is 11.1 Å². The highest BCUT2D eigenvalue weighted by molar-refractivity contribution is 6.05. The molecule has 0 saturated carbocycles. The van der Waals surface area contributed by atoms with Crippen molar-refractivity contribution >= 4 is 22.6 Å². The van der Waals surface area contributed by atoms with E-state index >= 15 is 0 Å². The van der Waals surface area contributed by atoms with Gasteiger partial charge in [-0.3, -0.25) is 9.78 Å². The van der Waals surface area contributed by atoms with Crippen molar-refractivity contribution in [3.8, 4) is 11.1 Å². The van der Waals surface area contributed by atoms with Gasteiger partial charge in [0.2, 0.25) is 0 Å². The molecule has 1 amide bonds. The van der Waals surface area contributed by atoms with Gasteiger partial charge in [0.25, 0.3) is 5.91 Å². The van der Waals surface area contributed by atoms with Crippen molar-refractivity contribution in [2.75, 3.05) is 5.32 Å². The minimum atomic E-state index is -0.279. The molecule has 0 aliphatic carbocycles. The third kappa shape index (κ3) is 3.05. The highest BCUT2D eigenvalue weighted by Crippen LogP contribution is 2.20. The predicted octanol–water partition coefficient (Wildman–Crippen LogP) is 3.17. The molecular weight excluding hydrogens is 316 g/mol. The van der Waals surface area contributed by atoms with E-state index in [1.54, 1.807) is 30.5 Å². The number of fused-ring (bicyclic) bond motifs is 1. The van der Waals surface area contributed by atoms with Gasteiger partial charge in [0.05, 0.1) is 16.6 Å². The molecule has 122 valence electrons. The first-order valence-electron chi connectivity index (χ1n) is 7.73. The number of rotatable bonds is 3. The fourth-order valence-corrected chi connectivity index (χ4v) is 2.67. The van der Waals surface area contributed by atoms with Gasteiger partial charge in [0, 0.05) is 23.6 Å². The number of hydrogen-bond acceptors (Lipinski definition) is 3. The summed E-state index contributed by atoms with van der Waals surface area (Å²) in [5.41, 5.74) is 3.98. The highest BCUT2D eigenvalue weighted by atomic mass is 16.2. The van der Waals surface area contributed by atoms with E-state index in [4.69, 9.17) is 0 Å². The lowest BCUT2D eigenvalue weighted by atomic mass is 10.1. The molecule has 0 radical (unpaired) electrons. The van der Waals surface area contributed by atoms with E-state index in [9.17, 15) is 9.59 Å². The number of carbonyl (C=O) groups excluding carboxylic acids is 1. The van der Waals surface area contributed by atoms with Crippen molar-refractivity contribution in [1.29, 1.82) is 0 Å². The van der Waals surface area contributed by atoms with Gasteiger partial charge >= 0.3 is 5.69 Å². The number of nitrogens with one attached hydrogen (secondary N) is 3. The second kappa shape index (κ2) is 6.09. The second-order valence-electron chi connectivity index (χ2n) is 5.62. The Kier molecular flexibility index (Phi) is 3.63. The Hall–Kier alpha value is -3.67. The summed E-state index contributed by atoms with van der Waals surface area (Å²) in [6.45, 7) is 0. The van der Waals surface area contributed by atoms with Crippen LogP contribution in [0.2, 0.25) is 0 Å². The number of aromatic nitrogens is 3. The quantitative estimate of drug-likeness (QED) is 0.539. The van der Waals surface area contributed by atoms with Crippen LogP contribution in [0.3, 0.4) is 0 Å². The molecule has 2 aromatic heterocycles. The standard InChI is InChI=1S/C19H14N4O2/c24-18(21-15-6-7-16-17(9-15)23-19(25)22-16)14-8-13(10-20-11-14)12-4-2-1-3-5-12/h1-11H,(H,21,24)(H2,22,23,25). The highest BCUT2D eigenvalue weighted by Gasteiger charge is 2.09. The topological polar surface area (TPSA) is 90.6 Å². The molecule has 0 aliphatic heterocycles. The largest absolute Gasteiger partial charge is 0.323 e. The SMILES string of the molecule is O=C(Nc1ccc2[nH]c(=O)[nH]c2c1)c1cncc(-c2ccccc2)c1. The first-order chi connectivity index (χ1) is 12.2. The zero-order valence-corrected chi connectivity index (χ0v) is 13.1. The van der Waals surface area contributed by atoms with Gasteiger partial charge < -0.3 is 15.3 Å². The third-order valence-electron chi connectivity index (χ3n) is 3.88. The van der Waals surface area contributed by atoms with Crippen molar-refractivity contribution < 1.29 is 4.79 Å². The molecular formula is C19H14N4O2. The molecule has 0 saturated heterocycles. The van der Waals surface area contributed by atoms with Crippen molar-refractivity contribution in [3.05, 3.63) is 83.0 Å².